The molecule has 0 spiro atoms. The number of carbonyl (C=O) groups excluding carboxylic acids is 1. The number of terminal acetylenes is 1. The summed E-state index contributed by atoms with van der Waals surface area (Å²) in [4.78, 5) is 28.4. The zero-order valence-electron chi connectivity index (χ0n) is 24.0. The van der Waals surface area contributed by atoms with Gasteiger partial charge in [0.2, 0.25) is 11.8 Å². The number of amides is 1. The highest BCUT2D eigenvalue weighted by molar-refractivity contribution is 5.98. The number of hydrogen-bond donors (Lipinski definition) is 3. The van der Waals surface area contributed by atoms with Crippen LogP contribution in [0.25, 0.3) is 11.2 Å². The highest BCUT2D eigenvalue weighted by Gasteiger charge is 2.38. The predicted octanol–water partition coefficient (Wildman–Crippen LogP) is 4.43. The lowest BCUT2D eigenvalue weighted by Crippen LogP contribution is -2.53. The molecule has 1 saturated heterocycles. The minimum atomic E-state index is -1.07. The number of primary amides is 1. The second-order valence-electron chi connectivity index (χ2n) is 12.3. The molecular formula is C30H42N8O3. The third kappa shape index (κ3) is 5.71. The molecule has 3 aliphatic carbocycles. The summed E-state index contributed by atoms with van der Waals surface area (Å²) >= 11 is 0. The van der Waals surface area contributed by atoms with Crippen molar-refractivity contribution in [2.24, 2.45) is 23.5 Å². The van der Waals surface area contributed by atoms with Crippen molar-refractivity contribution in [3.8, 4) is 12.3 Å². The van der Waals surface area contributed by atoms with Gasteiger partial charge in [0, 0.05) is 25.0 Å². The molecule has 11 nitrogen and oxygen atoms in total. The number of carbonyl (C=O) groups is 1. The van der Waals surface area contributed by atoms with Gasteiger partial charge in [-0.1, -0.05) is 19.3 Å². The zero-order valence-corrected chi connectivity index (χ0v) is 24.0. The standard InChI is InChI=1S/C30H42N8O3/c1-3-19-11-13-20(14-12-19)17-38-24-26(33-18(2)21-7-6-8-21)34-28(25(31)41-29(32)39)35-27(24)36-30(38)37-15-16-40-23-10-5-4-9-22(23)37/h1,18-23,31H,4-17H2,2H3,(H2,32,39)(H,33,34,35)/t18-,19?,20?,22?,23?/m1/s1. The second kappa shape index (κ2) is 11.8. The highest BCUT2D eigenvalue weighted by Crippen LogP contribution is 2.38. The first kappa shape index (κ1) is 27.8. The van der Waals surface area contributed by atoms with Gasteiger partial charge < -0.3 is 30.0 Å². The lowest BCUT2D eigenvalue weighted by molar-refractivity contribution is -0.00958. The van der Waals surface area contributed by atoms with Crippen LogP contribution in [0.2, 0.25) is 0 Å². The predicted molar refractivity (Wildman–Crippen MR) is 157 cm³/mol. The van der Waals surface area contributed by atoms with Crippen molar-refractivity contribution in [1.29, 1.82) is 5.41 Å². The van der Waals surface area contributed by atoms with E-state index in [9.17, 15) is 4.79 Å². The maximum absolute atomic E-state index is 11.4. The largest absolute Gasteiger partial charge is 0.411 e. The fourth-order valence-electron chi connectivity index (χ4n) is 7.15. The number of ether oxygens (including phenoxy) is 2. The molecule has 2 aromatic rings. The van der Waals surface area contributed by atoms with Crippen LogP contribution in [0.5, 0.6) is 0 Å². The monoisotopic (exact) mass is 562 g/mol. The maximum Gasteiger partial charge on any atom is 0.411 e. The normalized spacial score (nSPS) is 27.4. The number of imidazole rings is 1. The molecule has 3 saturated carbocycles. The summed E-state index contributed by atoms with van der Waals surface area (Å²) in [6.45, 7) is 4.40. The number of nitrogens with one attached hydrogen (secondary N) is 2. The van der Waals surface area contributed by atoms with Gasteiger partial charge in [0.05, 0.1) is 18.8 Å². The van der Waals surface area contributed by atoms with Crippen LogP contribution in [0.15, 0.2) is 0 Å². The lowest BCUT2D eigenvalue weighted by atomic mass is 9.80. The van der Waals surface area contributed by atoms with Gasteiger partial charge >= 0.3 is 6.09 Å². The van der Waals surface area contributed by atoms with Gasteiger partial charge in [0.1, 0.15) is 5.52 Å². The van der Waals surface area contributed by atoms with E-state index in [1.807, 2.05) is 0 Å². The molecule has 4 aliphatic rings. The Kier molecular flexibility index (Phi) is 8.02. The molecule has 6 rings (SSSR count). The van der Waals surface area contributed by atoms with Crippen molar-refractivity contribution >= 4 is 34.9 Å². The minimum Gasteiger partial charge on any atom is -0.388 e. The number of aromatic nitrogens is 4. The van der Waals surface area contributed by atoms with E-state index >= 15 is 0 Å². The highest BCUT2D eigenvalue weighted by atomic mass is 16.6. The molecule has 3 atom stereocenters. The Balaban J connectivity index is 1.45. The topological polar surface area (TPSA) is 144 Å². The third-order valence-electron chi connectivity index (χ3n) is 9.72. The zero-order chi connectivity index (χ0) is 28.5. The Morgan fingerprint density at radius 1 is 1.15 bits per heavy atom. The van der Waals surface area contributed by atoms with Crippen LogP contribution in [0.1, 0.15) is 83.4 Å². The van der Waals surface area contributed by atoms with Crippen molar-refractivity contribution in [2.75, 3.05) is 23.4 Å². The van der Waals surface area contributed by atoms with Gasteiger partial charge in [-0.3, -0.25) is 5.41 Å². The molecular weight excluding hydrogens is 520 g/mol. The van der Waals surface area contributed by atoms with Crippen molar-refractivity contribution in [2.45, 2.75) is 102 Å². The Bertz CT molecular complexity index is 1320. The number of rotatable bonds is 7. The molecule has 1 amide bonds. The first-order valence-electron chi connectivity index (χ1n) is 15.4. The molecule has 0 bridgehead atoms. The van der Waals surface area contributed by atoms with Crippen LogP contribution in [0.3, 0.4) is 0 Å². The first-order chi connectivity index (χ1) is 19.9. The number of nitrogens with zero attached hydrogens (tertiary/aromatic N) is 5. The van der Waals surface area contributed by atoms with E-state index in [-0.39, 0.29) is 24.0 Å². The quantitative estimate of drug-likeness (QED) is 0.255. The number of hydrogen-bond acceptors (Lipinski definition) is 9. The first-order valence-corrected chi connectivity index (χ1v) is 15.4. The molecule has 220 valence electrons. The molecule has 2 unspecified atom stereocenters. The van der Waals surface area contributed by atoms with E-state index in [1.165, 1.54) is 32.1 Å². The van der Waals surface area contributed by atoms with Crippen LogP contribution in [-0.2, 0) is 16.0 Å². The van der Waals surface area contributed by atoms with Gasteiger partial charge in [-0.15, -0.1) is 12.3 Å². The molecule has 2 aromatic heterocycles. The summed E-state index contributed by atoms with van der Waals surface area (Å²) in [6.07, 6.45) is 17.2. The van der Waals surface area contributed by atoms with E-state index in [2.05, 4.69) is 32.6 Å². The lowest BCUT2D eigenvalue weighted by Gasteiger charge is -2.44. The summed E-state index contributed by atoms with van der Waals surface area (Å²) in [5.74, 6) is 5.34. The van der Waals surface area contributed by atoms with E-state index in [4.69, 9.17) is 37.0 Å². The van der Waals surface area contributed by atoms with Gasteiger partial charge in [-0.2, -0.15) is 4.98 Å². The number of morpholine rings is 1. The Labute approximate surface area is 241 Å². The number of nitrogens with two attached hydrogens (primary N) is 1. The summed E-state index contributed by atoms with van der Waals surface area (Å²) in [5, 5.41) is 12.0. The SMILES string of the molecule is C#CC1CCC(Cn2c(N3CCOC4CCCCC43)nc3nc(C(=N)OC(N)=O)nc(N[C@H](C)C4CCC4)c32)CC1. The smallest absolute Gasteiger partial charge is 0.388 e. The fourth-order valence-corrected chi connectivity index (χ4v) is 7.15. The van der Waals surface area contributed by atoms with Gasteiger partial charge in [0.15, 0.2) is 11.5 Å². The molecule has 4 N–H and O–H groups in total. The van der Waals surface area contributed by atoms with Crippen molar-refractivity contribution in [1.82, 2.24) is 19.5 Å². The van der Waals surface area contributed by atoms with Crippen LogP contribution < -0.4 is 16.0 Å². The molecule has 3 heterocycles. The van der Waals surface area contributed by atoms with Crippen LogP contribution in [0.4, 0.5) is 16.6 Å². The summed E-state index contributed by atoms with van der Waals surface area (Å²) in [5.41, 5.74) is 6.54. The Morgan fingerprint density at radius 2 is 1.93 bits per heavy atom. The Hall–Kier alpha value is -3.39. The summed E-state index contributed by atoms with van der Waals surface area (Å²) in [6, 6.07) is 0.449. The van der Waals surface area contributed by atoms with Crippen LogP contribution >= 0.6 is 0 Å². The van der Waals surface area contributed by atoms with Crippen LogP contribution in [-0.4, -0.2) is 62.8 Å². The average Bonchev–Trinajstić information content (AvgIpc) is 3.30. The van der Waals surface area contributed by atoms with Gasteiger partial charge in [-0.05, 0) is 70.1 Å². The maximum atomic E-state index is 11.4. The fraction of sp³-hybridized carbons (Fsp3) is 0.700. The van der Waals surface area contributed by atoms with Gasteiger partial charge in [-0.25, -0.2) is 14.8 Å². The molecule has 41 heavy (non-hydrogen) atoms. The third-order valence-corrected chi connectivity index (χ3v) is 9.72. The molecule has 0 radical (unpaired) electrons. The van der Waals surface area contributed by atoms with Crippen molar-refractivity contribution in [3.05, 3.63) is 5.82 Å². The van der Waals surface area contributed by atoms with E-state index < -0.39 is 12.0 Å². The molecule has 4 fully saturated rings. The van der Waals surface area contributed by atoms with E-state index in [0.717, 1.165) is 63.1 Å². The summed E-state index contributed by atoms with van der Waals surface area (Å²) in [7, 11) is 0. The molecule has 1 aliphatic heterocycles. The van der Waals surface area contributed by atoms with Crippen molar-refractivity contribution < 1.29 is 14.3 Å². The molecule has 11 heteroatoms. The van der Waals surface area contributed by atoms with Crippen LogP contribution in [0, 0.1) is 35.5 Å². The van der Waals surface area contributed by atoms with Crippen molar-refractivity contribution in [3.63, 3.8) is 0 Å². The summed E-state index contributed by atoms with van der Waals surface area (Å²) < 4.78 is 13.4. The minimum absolute atomic E-state index is 0.0112. The number of fused-ring (bicyclic) bond motifs is 2. The molecule has 0 aromatic carbocycles. The average molecular weight is 563 g/mol. The van der Waals surface area contributed by atoms with E-state index in [1.54, 1.807) is 0 Å². The Morgan fingerprint density at radius 3 is 2.63 bits per heavy atom. The second-order valence-corrected chi connectivity index (χ2v) is 12.3. The van der Waals surface area contributed by atoms with E-state index in [0.29, 0.717) is 35.8 Å². The van der Waals surface area contributed by atoms with Gasteiger partial charge in [0.25, 0.3) is 5.90 Å². The number of anilines is 2.